The van der Waals surface area contributed by atoms with Crippen LogP contribution in [0.5, 0.6) is 11.5 Å². The van der Waals surface area contributed by atoms with Crippen molar-refractivity contribution in [3.8, 4) is 11.5 Å². The smallest absolute Gasteiger partial charge is 0.128 e. The third-order valence-corrected chi connectivity index (χ3v) is 20.4. The fraction of sp³-hybridized carbons (Fsp3) is 0.685. The molecule has 361 valence electrons. The van der Waals surface area contributed by atoms with Crippen LogP contribution in [0.2, 0.25) is 38.3 Å². The van der Waals surface area contributed by atoms with E-state index in [1.54, 1.807) is 0 Å². The van der Waals surface area contributed by atoms with E-state index in [0.29, 0.717) is 11.5 Å². The maximum absolute atomic E-state index is 11.8. The van der Waals surface area contributed by atoms with Crippen molar-refractivity contribution in [2.75, 3.05) is 26.2 Å². The second kappa shape index (κ2) is 27.7. The molecule has 2 aromatic carbocycles. The molecule has 1 aliphatic carbocycles. The van der Waals surface area contributed by atoms with Gasteiger partial charge in [0, 0.05) is 40.3 Å². The van der Waals surface area contributed by atoms with Gasteiger partial charge in [-0.3, -0.25) is 9.98 Å². The number of rotatable bonds is 22. The van der Waals surface area contributed by atoms with Gasteiger partial charge in [0.25, 0.3) is 0 Å². The minimum atomic E-state index is -1.85. The molecule has 8 heteroatoms. The molecule has 5 nitrogen and oxygen atoms in total. The monoisotopic (exact) mass is 937 g/mol. The molecule has 0 bridgehead atoms. The molecule has 0 aliphatic heterocycles. The van der Waals surface area contributed by atoms with Crippen LogP contribution in [-0.4, -0.2) is 81.5 Å². The minimum absolute atomic E-state index is 0. The molecule has 2 N–H and O–H groups in total. The van der Waals surface area contributed by atoms with Crippen LogP contribution >= 0.6 is 0 Å². The molecule has 62 heavy (non-hydrogen) atoms. The Hall–Kier alpha value is -1.72. The van der Waals surface area contributed by atoms with Gasteiger partial charge in [-0.15, -0.1) is 0 Å². The summed E-state index contributed by atoms with van der Waals surface area (Å²) in [5.41, 5.74) is 3.39. The largest absolute Gasteiger partial charge is 0.507 e. The number of phenols is 2. The summed E-state index contributed by atoms with van der Waals surface area (Å²) >= 11 is 0. The van der Waals surface area contributed by atoms with Crippen LogP contribution < -0.4 is 10.4 Å². The molecule has 1 fully saturated rings. The van der Waals surface area contributed by atoms with Crippen molar-refractivity contribution in [2.45, 2.75) is 214 Å². The molecule has 0 heterocycles. The summed E-state index contributed by atoms with van der Waals surface area (Å²) in [6.45, 7) is 37.8. The predicted octanol–water partition coefficient (Wildman–Crippen LogP) is 14.1. The first-order valence-electron chi connectivity index (χ1n) is 23.8. The van der Waals surface area contributed by atoms with E-state index in [1.165, 1.54) is 111 Å². The Labute approximate surface area is 398 Å². The number of hydrogen-bond acceptors (Lipinski definition) is 4. The number of quaternary nitrogens is 1. The molecular weight excluding hydrogens is 838 g/mol. The summed E-state index contributed by atoms with van der Waals surface area (Å²) < 4.78 is 1.30. The van der Waals surface area contributed by atoms with Crippen LogP contribution in [0.15, 0.2) is 34.3 Å². The molecule has 0 spiro atoms. The van der Waals surface area contributed by atoms with Gasteiger partial charge in [-0.05, 0) is 66.5 Å². The van der Waals surface area contributed by atoms with Crippen LogP contribution in [-0.2, 0) is 27.6 Å². The van der Waals surface area contributed by atoms with E-state index in [0.717, 1.165) is 47.9 Å². The maximum atomic E-state index is 11.8. The summed E-state index contributed by atoms with van der Waals surface area (Å²) in [6.07, 6.45) is 19.7. The van der Waals surface area contributed by atoms with Crippen molar-refractivity contribution < 1.29 is 31.5 Å². The zero-order valence-electron chi connectivity index (χ0n) is 43.6. The number of nitrogens with zero attached hydrogens (tertiary/aromatic N) is 3. The third kappa shape index (κ3) is 17.9. The van der Waals surface area contributed by atoms with Crippen molar-refractivity contribution in [1.29, 1.82) is 0 Å². The number of unbranched alkanes of at least 4 members (excludes halogenated alkanes) is 4. The summed E-state index contributed by atoms with van der Waals surface area (Å²) in [5, 5.41) is 26.3. The van der Waals surface area contributed by atoms with Gasteiger partial charge in [-0.1, -0.05) is 181 Å². The number of aromatic hydroxyl groups is 2. The van der Waals surface area contributed by atoms with Gasteiger partial charge in [-0.2, -0.15) is 0 Å². The summed E-state index contributed by atoms with van der Waals surface area (Å²) in [7, 11) is -3.54. The average Bonchev–Trinajstić information content (AvgIpc) is 3.15. The summed E-state index contributed by atoms with van der Waals surface area (Å²) in [5.74, 6) is 0.744. The Morgan fingerprint density at radius 3 is 1.21 bits per heavy atom. The van der Waals surface area contributed by atoms with E-state index in [2.05, 4.69) is 120 Å². The second-order valence-electron chi connectivity index (χ2n) is 21.7. The van der Waals surface area contributed by atoms with Gasteiger partial charge in [0.2, 0.25) is 0 Å². The van der Waals surface area contributed by atoms with E-state index < -0.39 is 16.1 Å². The normalized spacial score (nSPS) is 16.4. The maximum Gasteiger partial charge on any atom is 0.128 e. The molecular formula is C54H99CoN3O2Si2-2. The van der Waals surface area contributed by atoms with Gasteiger partial charge in [0.15, 0.2) is 0 Å². The first-order valence-corrected chi connectivity index (χ1v) is 30.2. The molecule has 3 rings (SSSR count). The van der Waals surface area contributed by atoms with Crippen molar-refractivity contribution in [1.82, 2.24) is 0 Å². The Morgan fingerprint density at radius 1 is 0.565 bits per heavy atom. The summed E-state index contributed by atoms with van der Waals surface area (Å²) in [6, 6.07) is 11.7. The van der Waals surface area contributed by atoms with Gasteiger partial charge in [-0.25, -0.2) is 0 Å². The van der Waals surface area contributed by atoms with Crippen LogP contribution in [0.4, 0.5) is 0 Å². The quantitative estimate of drug-likeness (QED) is 0.0535. The van der Waals surface area contributed by atoms with Crippen LogP contribution in [0.3, 0.4) is 0 Å². The molecule has 1 saturated carbocycles. The van der Waals surface area contributed by atoms with Gasteiger partial charge in [0.1, 0.15) is 11.5 Å². The number of benzene rings is 2. The molecule has 0 unspecified atom stereocenters. The molecule has 2 atom stereocenters. The van der Waals surface area contributed by atoms with Crippen LogP contribution in [0.1, 0.15) is 175 Å². The van der Waals surface area contributed by atoms with E-state index in [1.807, 2.05) is 12.4 Å². The van der Waals surface area contributed by atoms with Crippen molar-refractivity contribution in [3.63, 3.8) is 0 Å². The molecule has 2 aromatic rings. The SMILES string of the molecule is CCCC[N+](CCCC)(CCCC)CCC[Si](C)(C)c1cc(C=N[C@H]2CCCC[C@@H]2N=Cc2cc([Si](C)(C)CCCC)cc(C(C)(C)C)c2O)c(O)c(C(C)(C)C)c1.[CH3-].[CH3-].[CH3-].[Co]. The summed E-state index contributed by atoms with van der Waals surface area (Å²) in [4.78, 5) is 10.5. The predicted molar refractivity (Wildman–Crippen MR) is 282 cm³/mol. The Kier molecular flexibility index (Phi) is 27.8. The van der Waals surface area contributed by atoms with Gasteiger partial charge in [0.05, 0.1) is 54.4 Å². The third-order valence-electron chi connectivity index (χ3n) is 13.5. The molecule has 0 amide bonds. The first-order chi connectivity index (χ1) is 27.1. The zero-order valence-corrected chi connectivity index (χ0v) is 46.7. The molecule has 0 saturated heterocycles. The second-order valence-corrected chi connectivity index (χ2v) is 31.4. The van der Waals surface area contributed by atoms with E-state index in [-0.39, 0.29) is 62.0 Å². The topological polar surface area (TPSA) is 65.2 Å². The number of hydrogen-bond donors (Lipinski definition) is 2. The number of aliphatic imine (C=N–C) groups is 2. The standard InChI is InChI=1S/C51H89N3O2Si2.3CH3.Co/c1-15-19-28-54(29-20-16-2,30-21-17-3)31-25-33-58(13,14)43-35-41(49(56)45(37-43)51(8,9)10)39-53-47-27-24-23-26-46(47)52-38-40-34-42(57(11,12)32-22-18-4)36-44(48(40)55)50(5,6)7;;;;/h34-39,46-47H,15-33H2,1-14H3,(H-,52,53,55,56);3*1H3;/q;3*-1;/p+1/t46-,47-;;;;/m0..../s1. The number of phenolic OH excluding ortho intramolecular Hbond substituents is 2. The molecule has 1 aliphatic rings. The fourth-order valence-corrected chi connectivity index (χ4v) is 14.2. The van der Waals surface area contributed by atoms with Crippen molar-refractivity contribution in [3.05, 3.63) is 68.8 Å². The van der Waals surface area contributed by atoms with Crippen molar-refractivity contribution >= 4 is 39.0 Å². The first kappa shape index (κ1) is 62.4. The molecule has 0 aromatic heterocycles. The molecule has 1 radical (unpaired) electrons. The Morgan fingerprint density at radius 2 is 0.887 bits per heavy atom. The van der Waals surface area contributed by atoms with E-state index >= 15 is 0 Å². The minimum Gasteiger partial charge on any atom is -0.507 e. The Bertz CT molecular complexity index is 1620. The zero-order chi connectivity index (χ0) is 43.4. The average molecular weight is 938 g/mol. The van der Waals surface area contributed by atoms with Crippen LogP contribution in [0.25, 0.3) is 0 Å². The van der Waals surface area contributed by atoms with Crippen molar-refractivity contribution in [2.24, 2.45) is 9.98 Å². The van der Waals surface area contributed by atoms with Gasteiger partial charge >= 0.3 is 0 Å². The Balaban J connectivity index is 0. The van der Waals surface area contributed by atoms with Crippen LogP contribution in [0, 0.1) is 22.3 Å². The van der Waals surface area contributed by atoms with E-state index in [9.17, 15) is 10.2 Å². The fourth-order valence-electron chi connectivity index (χ4n) is 9.14. The van der Waals surface area contributed by atoms with Gasteiger partial charge < -0.3 is 37.0 Å². The van der Waals surface area contributed by atoms with E-state index in [4.69, 9.17) is 9.98 Å².